The molecule has 1 saturated heterocycles. The molecule has 1 aromatic heterocycles. The summed E-state index contributed by atoms with van der Waals surface area (Å²) in [4.78, 5) is 23.5. The SMILES string of the molecule is CC(=O)N1CCN(c2ncncc2CN)CC1. The number of hydrogen-bond acceptors (Lipinski definition) is 5. The summed E-state index contributed by atoms with van der Waals surface area (Å²) in [6.07, 6.45) is 3.28. The van der Waals surface area contributed by atoms with Crippen LogP contribution in [0.3, 0.4) is 0 Å². The van der Waals surface area contributed by atoms with Gasteiger partial charge >= 0.3 is 0 Å². The number of nitrogens with two attached hydrogens (primary N) is 1. The number of nitrogens with zero attached hydrogens (tertiary/aromatic N) is 4. The number of aromatic nitrogens is 2. The molecule has 1 aromatic rings. The second kappa shape index (κ2) is 5.09. The van der Waals surface area contributed by atoms with Crippen LogP contribution in [0.4, 0.5) is 5.82 Å². The molecule has 0 aliphatic carbocycles. The van der Waals surface area contributed by atoms with Crippen LogP contribution in [0.2, 0.25) is 0 Å². The van der Waals surface area contributed by atoms with E-state index in [9.17, 15) is 4.79 Å². The lowest BCUT2D eigenvalue weighted by atomic mass is 10.2. The van der Waals surface area contributed by atoms with Crippen LogP contribution >= 0.6 is 0 Å². The number of rotatable bonds is 2. The Bertz CT molecular complexity index is 401. The summed E-state index contributed by atoms with van der Waals surface area (Å²) < 4.78 is 0. The molecule has 0 spiro atoms. The predicted molar refractivity (Wildman–Crippen MR) is 64.4 cm³/mol. The molecule has 1 aliphatic rings. The maximum absolute atomic E-state index is 11.2. The Morgan fingerprint density at radius 3 is 2.71 bits per heavy atom. The summed E-state index contributed by atoms with van der Waals surface area (Å²) in [6.45, 7) is 5.11. The second-order valence-electron chi connectivity index (χ2n) is 4.07. The first-order valence-electron chi connectivity index (χ1n) is 5.71. The number of anilines is 1. The van der Waals surface area contributed by atoms with E-state index in [0.717, 1.165) is 37.6 Å². The number of piperazine rings is 1. The lowest BCUT2D eigenvalue weighted by Crippen LogP contribution is -2.48. The van der Waals surface area contributed by atoms with Gasteiger partial charge in [-0.2, -0.15) is 0 Å². The van der Waals surface area contributed by atoms with E-state index < -0.39 is 0 Å². The third kappa shape index (κ3) is 2.52. The molecular weight excluding hydrogens is 218 g/mol. The minimum atomic E-state index is 0.131. The molecule has 0 saturated carbocycles. The van der Waals surface area contributed by atoms with Crippen molar-refractivity contribution in [3.63, 3.8) is 0 Å². The van der Waals surface area contributed by atoms with Crippen LogP contribution in [-0.2, 0) is 11.3 Å². The smallest absolute Gasteiger partial charge is 0.219 e. The predicted octanol–water partition coefficient (Wildman–Crippen LogP) is -0.396. The molecule has 92 valence electrons. The highest BCUT2D eigenvalue weighted by Crippen LogP contribution is 2.17. The van der Waals surface area contributed by atoms with E-state index in [1.54, 1.807) is 13.1 Å². The van der Waals surface area contributed by atoms with Gasteiger partial charge < -0.3 is 15.5 Å². The van der Waals surface area contributed by atoms with Gasteiger partial charge in [0.15, 0.2) is 0 Å². The Morgan fingerprint density at radius 1 is 1.41 bits per heavy atom. The molecule has 6 nitrogen and oxygen atoms in total. The van der Waals surface area contributed by atoms with Gasteiger partial charge in [0.2, 0.25) is 5.91 Å². The topological polar surface area (TPSA) is 75.4 Å². The average molecular weight is 235 g/mol. The van der Waals surface area contributed by atoms with Crippen LogP contribution < -0.4 is 10.6 Å². The largest absolute Gasteiger partial charge is 0.353 e. The molecule has 1 amide bonds. The van der Waals surface area contributed by atoms with Crippen molar-refractivity contribution in [2.75, 3.05) is 31.1 Å². The molecule has 0 unspecified atom stereocenters. The number of carbonyl (C=O) groups excluding carboxylic acids is 1. The van der Waals surface area contributed by atoms with E-state index in [1.807, 2.05) is 4.90 Å². The summed E-state index contributed by atoms with van der Waals surface area (Å²) in [5, 5.41) is 0. The van der Waals surface area contributed by atoms with Gasteiger partial charge in [0.1, 0.15) is 12.1 Å². The van der Waals surface area contributed by atoms with Crippen molar-refractivity contribution in [3.8, 4) is 0 Å². The number of amides is 1. The van der Waals surface area contributed by atoms with Crippen molar-refractivity contribution >= 4 is 11.7 Å². The van der Waals surface area contributed by atoms with Gasteiger partial charge in [-0.1, -0.05) is 0 Å². The van der Waals surface area contributed by atoms with Gasteiger partial charge in [-0.25, -0.2) is 9.97 Å². The van der Waals surface area contributed by atoms with E-state index in [1.165, 1.54) is 6.33 Å². The molecule has 0 bridgehead atoms. The summed E-state index contributed by atoms with van der Waals surface area (Å²) in [6, 6.07) is 0. The van der Waals surface area contributed by atoms with Crippen LogP contribution in [0.25, 0.3) is 0 Å². The lowest BCUT2D eigenvalue weighted by Gasteiger charge is -2.35. The van der Waals surface area contributed by atoms with E-state index in [0.29, 0.717) is 6.54 Å². The molecule has 6 heteroatoms. The van der Waals surface area contributed by atoms with Gasteiger partial charge in [-0.05, 0) is 0 Å². The van der Waals surface area contributed by atoms with Gasteiger partial charge in [0.25, 0.3) is 0 Å². The number of hydrogen-bond donors (Lipinski definition) is 1. The van der Waals surface area contributed by atoms with Crippen molar-refractivity contribution in [1.29, 1.82) is 0 Å². The van der Waals surface area contributed by atoms with Crippen LogP contribution in [0.5, 0.6) is 0 Å². The first kappa shape index (κ1) is 11.8. The maximum atomic E-state index is 11.2. The molecule has 2 heterocycles. The first-order chi connectivity index (χ1) is 8.22. The summed E-state index contributed by atoms with van der Waals surface area (Å²) in [5.74, 6) is 1.03. The van der Waals surface area contributed by atoms with E-state index in [-0.39, 0.29) is 5.91 Å². The second-order valence-corrected chi connectivity index (χ2v) is 4.07. The zero-order valence-corrected chi connectivity index (χ0v) is 9.96. The molecule has 2 rings (SSSR count). The fourth-order valence-corrected chi connectivity index (χ4v) is 2.01. The number of carbonyl (C=O) groups is 1. The standard InChI is InChI=1S/C11H17N5O/c1-9(17)15-2-4-16(5-3-15)11-10(6-12)7-13-8-14-11/h7-8H,2-6,12H2,1H3. The van der Waals surface area contributed by atoms with Crippen molar-refractivity contribution in [3.05, 3.63) is 18.1 Å². The highest BCUT2D eigenvalue weighted by Gasteiger charge is 2.20. The van der Waals surface area contributed by atoms with E-state index in [4.69, 9.17) is 5.73 Å². The molecule has 0 atom stereocenters. The average Bonchev–Trinajstić information content (AvgIpc) is 2.39. The molecule has 1 aliphatic heterocycles. The molecule has 0 aromatic carbocycles. The zero-order valence-electron chi connectivity index (χ0n) is 9.96. The van der Waals surface area contributed by atoms with Gasteiger partial charge in [0, 0.05) is 51.4 Å². The monoisotopic (exact) mass is 235 g/mol. The van der Waals surface area contributed by atoms with Crippen LogP contribution in [0, 0.1) is 0 Å². The fourth-order valence-electron chi connectivity index (χ4n) is 2.01. The lowest BCUT2D eigenvalue weighted by molar-refractivity contribution is -0.129. The Morgan fingerprint density at radius 2 is 2.12 bits per heavy atom. The molecule has 17 heavy (non-hydrogen) atoms. The van der Waals surface area contributed by atoms with Gasteiger partial charge in [0.05, 0.1) is 0 Å². The molecule has 2 N–H and O–H groups in total. The Labute approximate surface area is 100 Å². The minimum Gasteiger partial charge on any atom is -0.353 e. The molecule has 0 radical (unpaired) electrons. The molecule has 1 fully saturated rings. The van der Waals surface area contributed by atoms with Crippen LogP contribution in [-0.4, -0.2) is 47.0 Å². The summed E-state index contributed by atoms with van der Waals surface area (Å²) in [7, 11) is 0. The van der Waals surface area contributed by atoms with E-state index >= 15 is 0 Å². The Hall–Kier alpha value is -1.69. The third-order valence-electron chi connectivity index (χ3n) is 3.01. The van der Waals surface area contributed by atoms with Gasteiger partial charge in [-0.3, -0.25) is 4.79 Å². The maximum Gasteiger partial charge on any atom is 0.219 e. The van der Waals surface area contributed by atoms with Crippen LogP contribution in [0.1, 0.15) is 12.5 Å². The van der Waals surface area contributed by atoms with Gasteiger partial charge in [-0.15, -0.1) is 0 Å². The highest BCUT2D eigenvalue weighted by atomic mass is 16.2. The summed E-state index contributed by atoms with van der Waals surface area (Å²) in [5.41, 5.74) is 6.61. The van der Waals surface area contributed by atoms with Crippen molar-refractivity contribution in [1.82, 2.24) is 14.9 Å². The zero-order chi connectivity index (χ0) is 12.3. The van der Waals surface area contributed by atoms with Crippen molar-refractivity contribution in [2.45, 2.75) is 13.5 Å². The van der Waals surface area contributed by atoms with Crippen LogP contribution in [0.15, 0.2) is 12.5 Å². The normalized spacial score (nSPS) is 16.1. The fraction of sp³-hybridized carbons (Fsp3) is 0.545. The minimum absolute atomic E-state index is 0.131. The molecular formula is C11H17N5O. The quantitative estimate of drug-likeness (QED) is 0.755. The first-order valence-corrected chi connectivity index (χ1v) is 5.71. The Balaban J connectivity index is 2.07. The van der Waals surface area contributed by atoms with E-state index in [2.05, 4.69) is 14.9 Å². The Kier molecular flexibility index (Phi) is 3.53. The highest BCUT2D eigenvalue weighted by molar-refractivity contribution is 5.73. The van der Waals surface area contributed by atoms with Crippen molar-refractivity contribution < 1.29 is 4.79 Å². The third-order valence-corrected chi connectivity index (χ3v) is 3.01. The van der Waals surface area contributed by atoms with Crippen molar-refractivity contribution in [2.24, 2.45) is 5.73 Å². The summed E-state index contributed by atoms with van der Waals surface area (Å²) >= 11 is 0.